The zero-order valence-electron chi connectivity index (χ0n) is 11.3. The first-order valence-corrected chi connectivity index (χ1v) is 6.55. The predicted octanol–water partition coefficient (Wildman–Crippen LogP) is 2.15. The Labute approximate surface area is 112 Å². The number of rotatable bonds is 4. The fraction of sp³-hybridized carbons (Fsp3) is 0.571. The van der Waals surface area contributed by atoms with E-state index in [-0.39, 0.29) is 24.5 Å². The molecule has 0 N–H and O–H groups in total. The smallest absolute Gasteiger partial charge is 0.325 e. The van der Waals surface area contributed by atoms with Crippen molar-refractivity contribution in [1.82, 2.24) is 4.90 Å². The molecule has 0 spiro atoms. The number of furan rings is 1. The second-order valence-electron chi connectivity index (χ2n) is 4.84. The lowest BCUT2D eigenvalue weighted by atomic mass is 10.1. The van der Waals surface area contributed by atoms with Crippen molar-refractivity contribution in [3.8, 4) is 0 Å². The number of esters is 1. The molecule has 0 atom stereocenters. The molecule has 0 aromatic carbocycles. The van der Waals surface area contributed by atoms with Crippen molar-refractivity contribution < 1.29 is 18.7 Å². The van der Waals surface area contributed by atoms with E-state index in [1.165, 1.54) is 13.4 Å². The molecule has 0 bridgehead atoms. The van der Waals surface area contributed by atoms with E-state index in [9.17, 15) is 9.59 Å². The summed E-state index contributed by atoms with van der Waals surface area (Å²) in [5, 5.41) is 0. The monoisotopic (exact) mass is 265 g/mol. The molecule has 0 aliphatic heterocycles. The molecule has 0 saturated heterocycles. The molecule has 0 unspecified atom stereocenters. The lowest BCUT2D eigenvalue weighted by Gasteiger charge is -2.27. The summed E-state index contributed by atoms with van der Waals surface area (Å²) in [6, 6.07) is 1.78. The van der Waals surface area contributed by atoms with Crippen molar-refractivity contribution in [2.45, 2.75) is 38.6 Å². The largest absolute Gasteiger partial charge is 0.469 e. The number of hydrogen-bond donors (Lipinski definition) is 0. The lowest BCUT2D eigenvalue weighted by molar-refractivity contribution is -0.141. The summed E-state index contributed by atoms with van der Waals surface area (Å²) in [5.74, 6) is 0.0443. The first kappa shape index (κ1) is 13.6. The second kappa shape index (κ2) is 5.91. The number of hydrogen-bond acceptors (Lipinski definition) is 4. The normalized spacial score (nSPS) is 15.5. The van der Waals surface area contributed by atoms with E-state index < -0.39 is 0 Å². The van der Waals surface area contributed by atoms with Gasteiger partial charge in [0.2, 0.25) is 0 Å². The molecular formula is C14H19NO4. The van der Waals surface area contributed by atoms with Crippen molar-refractivity contribution in [3.63, 3.8) is 0 Å². The van der Waals surface area contributed by atoms with Crippen LogP contribution in [0.15, 0.2) is 16.7 Å². The van der Waals surface area contributed by atoms with Gasteiger partial charge in [-0.1, -0.05) is 12.8 Å². The number of ether oxygens (including phenoxy) is 1. The molecule has 19 heavy (non-hydrogen) atoms. The molecule has 5 heteroatoms. The van der Waals surface area contributed by atoms with E-state index in [0.717, 1.165) is 25.7 Å². The highest BCUT2D eigenvalue weighted by Gasteiger charge is 2.30. The first-order valence-electron chi connectivity index (χ1n) is 6.55. The molecule has 5 nitrogen and oxygen atoms in total. The van der Waals surface area contributed by atoms with Gasteiger partial charge in [-0.05, 0) is 25.8 Å². The highest BCUT2D eigenvalue weighted by atomic mass is 16.5. The van der Waals surface area contributed by atoms with Crippen molar-refractivity contribution in [2.24, 2.45) is 0 Å². The second-order valence-corrected chi connectivity index (χ2v) is 4.84. The Balaban J connectivity index is 2.18. The third-order valence-electron chi connectivity index (χ3n) is 3.64. The Hall–Kier alpha value is -1.78. The molecule has 1 heterocycles. The van der Waals surface area contributed by atoms with Gasteiger partial charge in [0.25, 0.3) is 5.91 Å². The third-order valence-corrected chi connectivity index (χ3v) is 3.64. The van der Waals surface area contributed by atoms with E-state index in [4.69, 9.17) is 4.42 Å². The van der Waals surface area contributed by atoms with E-state index in [1.807, 2.05) is 0 Å². The van der Waals surface area contributed by atoms with Gasteiger partial charge in [0.05, 0.1) is 18.9 Å². The van der Waals surface area contributed by atoms with Crippen LogP contribution in [0.4, 0.5) is 0 Å². The fourth-order valence-corrected chi connectivity index (χ4v) is 2.55. The molecule has 1 fully saturated rings. The molecule has 2 rings (SSSR count). The van der Waals surface area contributed by atoms with Crippen LogP contribution < -0.4 is 0 Å². The molecule has 1 saturated carbocycles. The van der Waals surface area contributed by atoms with E-state index in [2.05, 4.69) is 4.74 Å². The average molecular weight is 265 g/mol. The lowest BCUT2D eigenvalue weighted by Crippen LogP contribution is -2.42. The number of carbonyl (C=O) groups excluding carboxylic acids is 2. The van der Waals surface area contributed by atoms with Gasteiger partial charge in [-0.3, -0.25) is 9.59 Å². The van der Waals surface area contributed by atoms with Gasteiger partial charge in [-0.2, -0.15) is 0 Å². The molecular weight excluding hydrogens is 246 g/mol. The quantitative estimate of drug-likeness (QED) is 0.783. The molecule has 104 valence electrons. The van der Waals surface area contributed by atoms with Crippen LogP contribution in [0, 0.1) is 6.92 Å². The van der Waals surface area contributed by atoms with Crippen molar-refractivity contribution in [3.05, 3.63) is 23.7 Å². The minimum Gasteiger partial charge on any atom is -0.469 e. The third kappa shape index (κ3) is 2.97. The van der Waals surface area contributed by atoms with E-state index in [1.54, 1.807) is 17.9 Å². The van der Waals surface area contributed by atoms with Crippen LogP contribution >= 0.6 is 0 Å². The van der Waals surface area contributed by atoms with Crippen LogP contribution in [0.2, 0.25) is 0 Å². The van der Waals surface area contributed by atoms with Gasteiger partial charge < -0.3 is 14.1 Å². The Morgan fingerprint density at radius 2 is 2.11 bits per heavy atom. The highest BCUT2D eigenvalue weighted by molar-refractivity contribution is 5.97. The molecule has 1 aliphatic rings. The van der Waals surface area contributed by atoms with E-state index >= 15 is 0 Å². The summed E-state index contributed by atoms with van der Waals surface area (Å²) in [5.41, 5.74) is 0.524. The van der Waals surface area contributed by atoms with E-state index in [0.29, 0.717) is 11.3 Å². The van der Waals surface area contributed by atoms with Gasteiger partial charge in [-0.15, -0.1) is 0 Å². The number of carbonyl (C=O) groups is 2. The van der Waals surface area contributed by atoms with Crippen LogP contribution in [0.25, 0.3) is 0 Å². The maximum absolute atomic E-state index is 12.5. The number of methoxy groups -OCH3 is 1. The Bertz CT molecular complexity index is 460. The van der Waals surface area contributed by atoms with Crippen LogP contribution in [0.1, 0.15) is 41.8 Å². The summed E-state index contributed by atoms with van der Waals surface area (Å²) < 4.78 is 9.85. The van der Waals surface area contributed by atoms with Crippen LogP contribution in [-0.4, -0.2) is 36.5 Å². The van der Waals surface area contributed by atoms with Gasteiger partial charge >= 0.3 is 5.97 Å². The summed E-state index contributed by atoms with van der Waals surface area (Å²) in [4.78, 5) is 25.6. The highest BCUT2D eigenvalue weighted by Crippen LogP contribution is 2.25. The molecule has 1 aliphatic carbocycles. The Morgan fingerprint density at radius 3 is 2.63 bits per heavy atom. The minimum absolute atomic E-state index is 0.00458. The van der Waals surface area contributed by atoms with Crippen LogP contribution in [0.5, 0.6) is 0 Å². The van der Waals surface area contributed by atoms with Gasteiger partial charge in [0.15, 0.2) is 0 Å². The number of amides is 1. The number of nitrogens with zero attached hydrogens (tertiary/aromatic N) is 1. The zero-order chi connectivity index (χ0) is 13.8. The maximum atomic E-state index is 12.5. The summed E-state index contributed by atoms with van der Waals surface area (Å²) in [6.45, 7) is 1.75. The zero-order valence-corrected chi connectivity index (χ0v) is 11.3. The van der Waals surface area contributed by atoms with Crippen molar-refractivity contribution in [2.75, 3.05) is 13.7 Å². The summed E-state index contributed by atoms with van der Waals surface area (Å²) in [7, 11) is 1.34. The first-order chi connectivity index (χ1) is 9.13. The van der Waals surface area contributed by atoms with Crippen molar-refractivity contribution in [1.29, 1.82) is 0 Å². The molecule has 1 amide bonds. The van der Waals surface area contributed by atoms with Crippen molar-refractivity contribution >= 4 is 11.9 Å². The summed E-state index contributed by atoms with van der Waals surface area (Å²) in [6.07, 6.45) is 5.58. The fourth-order valence-electron chi connectivity index (χ4n) is 2.55. The van der Waals surface area contributed by atoms with Crippen LogP contribution in [0.3, 0.4) is 0 Å². The Morgan fingerprint density at radius 1 is 1.42 bits per heavy atom. The minimum atomic E-state index is -0.388. The molecule has 1 aromatic rings. The van der Waals surface area contributed by atoms with Crippen LogP contribution in [-0.2, 0) is 9.53 Å². The van der Waals surface area contributed by atoms with Gasteiger partial charge in [0, 0.05) is 6.04 Å². The Kier molecular flexibility index (Phi) is 4.24. The van der Waals surface area contributed by atoms with Gasteiger partial charge in [0.1, 0.15) is 12.3 Å². The topological polar surface area (TPSA) is 59.8 Å². The molecule has 1 aromatic heterocycles. The average Bonchev–Trinajstić information content (AvgIpc) is 3.05. The summed E-state index contributed by atoms with van der Waals surface area (Å²) >= 11 is 0. The van der Waals surface area contributed by atoms with Gasteiger partial charge in [-0.25, -0.2) is 0 Å². The standard InChI is InChI=1S/C14H19NO4/c1-10-12(7-8-19-10)14(17)15(9-13(16)18-2)11-5-3-4-6-11/h7-8,11H,3-6,9H2,1-2H3. The predicted molar refractivity (Wildman–Crippen MR) is 68.8 cm³/mol. The maximum Gasteiger partial charge on any atom is 0.325 e. The molecule has 0 radical (unpaired) electrons. The number of aryl methyl sites for hydroxylation is 1. The SMILES string of the molecule is COC(=O)CN(C(=O)c1ccoc1C)C1CCCC1.